The summed E-state index contributed by atoms with van der Waals surface area (Å²) >= 11 is 5.86. The molecule has 0 unspecified atom stereocenters. The third-order valence-electron chi connectivity index (χ3n) is 2.77. The van der Waals surface area contributed by atoms with Crippen molar-refractivity contribution in [1.82, 2.24) is 9.62 Å². The van der Waals surface area contributed by atoms with E-state index in [4.69, 9.17) is 16.9 Å². The summed E-state index contributed by atoms with van der Waals surface area (Å²) in [5.74, 6) is 0. The van der Waals surface area contributed by atoms with E-state index in [1.54, 1.807) is 0 Å². The molecule has 1 aromatic rings. The van der Waals surface area contributed by atoms with Gasteiger partial charge in [-0.05, 0) is 18.2 Å². The summed E-state index contributed by atoms with van der Waals surface area (Å²) in [5, 5.41) is 12.0. The van der Waals surface area contributed by atoms with Gasteiger partial charge in [0, 0.05) is 26.2 Å². The van der Waals surface area contributed by atoms with Crippen LogP contribution in [0.25, 0.3) is 0 Å². The van der Waals surface area contributed by atoms with E-state index in [0.717, 1.165) is 0 Å². The van der Waals surface area contributed by atoms with Crippen LogP contribution in [0.1, 0.15) is 5.56 Å². The van der Waals surface area contributed by atoms with Crippen LogP contribution < -0.4 is 5.32 Å². The molecule has 1 heterocycles. The maximum Gasteiger partial charge on any atom is 0.243 e. The van der Waals surface area contributed by atoms with Gasteiger partial charge in [0.25, 0.3) is 0 Å². The molecule has 1 aliphatic heterocycles. The minimum Gasteiger partial charge on any atom is -0.314 e. The molecule has 0 amide bonds. The van der Waals surface area contributed by atoms with E-state index in [1.807, 2.05) is 6.07 Å². The first kappa shape index (κ1) is 13.3. The van der Waals surface area contributed by atoms with Crippen molar-refractivity contribution in [2.24, 2.45) is 0 Å². The van der Waals surface area contributed by atoms with Crippen LogP contribution in [0.5, 0.6) is 0 Å². The highest BCUT2D eigenvalue weighted by Gasteiger charge is 2.26. The smallest absolute Gasteiger partial charge is 0.243 e. The van der Waals surface area contributed by atoms with Gasteiger partial charge in [0.2, 0.25) is 10.0 Å². The zero-order valence-corrected chi connectivity index (χ0v) is 11.1. The number of nitriles is 1. The van der Waals surface area contributed by atoms with E-state index < -0.39 is 10.0 Å². The van der Waals surface area contributed by atoms with Crippen LogP contribution in [0.2, 0.25) is 5.02 Å². The molecule has 0 aromatic heterocycles. The largest absolute Gasteiger partial charge is 0.314 e. The minimum atomic E-state index is -3.51. The third-order valence-corrected chi connectivity index (χ3v) is 4.98. The first-order valence-electron chi connectivity index (χ1n) is 5.46. The number of halogens is 1. The summed E-state index contributed by atoms with van der Waals surface area (Å²) in [7, 11) is -3.51. The summed E-state index contributed by atoms with van der Waals surface area (Å²) in [6.45, 7) is 2.17. The highest BCUT2D eigenvalue weighted by molar-refractivity contribution is 7.89. The van der Waals surface area contributed by atoms with Crippen LogP contribution in [0.15, 0.2) is 23.1 Å². The van der Waals surface area contributed by atoms with E-state index in [2.05, 4.69) is 5.32 Å². The molecule has 0 atom stereocenters. The number of rotatable bonds is 2. The molecule has 0 bridgehead atoms. The molecular weight excluding hydrogens is 274 g/mol. The SMILES string of the molecule is N#Cc1ccc(S(=O)(=O)N2CCNCC2)cc1Cl. The second-order valence-corrected chi connectivity index (χ2v) is 6.25. The van der Waals surface area contributed by atoms with E-state index in [-0.39, 0.29) is 15.5 Å². The second kappa shape index (κ2) is 5.24. The molecule has 18 heavy (non-hydrogen) atoms. The van der Waals surface area contributed by atoms with Crippen molar-refractivity contribution < 1.29 is 8.42 Å². The summed E-state index contributed by atoms with van der Waals surface area (Å²) in [6.07, 6.45) is 0. The molecule has 1 N–H and O–H groups in total. The highest BCUT2D eigenvalue weighted by atomic mass is 35.5. The lowest BCUT2D eigenvalue weighted by Crippen LogP contribution is -2.46. The summed E-state index contributed by atoms with van der Waals surface area (Å²) in [5.41, 5.74) is 0.274. The zero-order valence-electron chi connectivity index (χ0n) is 9.56. The number of nitrogens with one attached hydrogen (secondary N) is 1. The van der Waals surface area contributed by atoms with E-state index in [1.165, 1.54) is 22.5 Å². The number of benzene rings is 1. The first-order chi connectivity index (χ1) is 8.55. The normalized spacial score (nSPS) is 17.3. The number of hydrogen-bond acceptors (Lipinski definition) is 4. The predicted octanol–water partition coefficient (Wildman–Crippen LogP) is 0.806. The van der Waals surface area contributed by atoms with Crippen LogP contribution in [0.3, 0.4) is 0 Å². The fourth-order valence-electron chi connectivity index (χ4n) is 1.78. The fourth-order valence-corrected chi connectivity index (χ4v) is 3.54. The van der Waals surface area contributed by atoms with Crippen molar-refractivity contribution in [3.8, 4) is 6.07 Å². The van der Waals surface area contributed by atoms with Crippen molar-refractivity contribution in [2.75, 3.05) is 26.2 Å². The zero-order chi connectivity index (χ0) is 13.2. The van der Waals surface area contributed by atoms with E-state index >= 15 is 0 Å². The van der Waals surface area contributed by atoms with Crippen molar-refractivity contribution in [1.29, 1.82) is 5.26 Å². The molecule has 1 saturated heterocycles. The van der Waals surface area contributed by atoms with Gasteiger partial charge in [0.15, 0.2) is 0 Å². The Morgan fingerprint density at radius 3 is 2.56 bits per heavy atom. The fraction of sp³-hybridized carbons (Fsp3) is 0.364. The Kier molecular flexibility index (Phi) is 3.88. The standard InChI is InChI=1S/C11H12ClN3O2S/c12-11-7-10(2-1-9(11)8-13)18(16,17)15-5-3-14-4-6-15/h1-2,7,14H,3-6H2. The number of sulfonamides is 1. The molecule has 7 heteroatoms. The lowest BCUT2D eigenvalue weighted by atomic mass is 10.2. The Labute approximate surface area is 111 Å². The number of piperazine rings is 1. The quantitative estimate of drug-likeness (QED) is 0.872. The Bertz CT molecular complexity index is 589. The maximum absolute atomic E-state index is 12.3. The molecule has 1 fully saturated rings. The van der Waals surface area contributed by atoms with Crippen LogP contribution in [-0.4, -0.2) is 38.9 Å². The lowest BCUT2D eigenvalue weighted by molar-refractivity contribution is 0.360. The van der Waals surface area contributed by atoms with Gasteiger partial charge in [-0.2, -0.15) is 9.57 Å². The Balaban J connectivity index is 2.35. The lowest BCUT2D eigenvalue weighted by Gasteiger charge is -2.26. The van der Waals surface area contributed by atoms with Gasteiger partial charge < -0.3 is 5.32 Å². The van der Waals surface area contributed by atoms with Gasteiger partial charge in [-0.25, -0.2) is 8.42 Å². The predicted molar refractivity (Wildman–Crippen MR) is 67.8 cm³/mol. The van der Waals surface area contributed by atoms with Crippen LogP contribution in [0, 0.1) is 11.3 Å². The molecule has 0 aliphatic carbocycles. The molecule has 1 aromatic carbocycles. The molecular formula is C11H12ClN3O2S. The van der Waals surface area contributed by atoms with E-state index in [0.29, 0.717) is 26.2 Å². The van der Waals surface area contributed by atoms with Gasteiger partial charge in [-0.3, -0.25) is 0 Å². The first-order valence-corrected chi connectivity index (χ1v) is 7.28. The highest BCUT2D eigenvalue weighted by Crippen LogP contribution is 2.23. The molecule has 0 spiro atoms. The molecule has 96 valence electrons. The van der Waals surface area contributed by atoms with Crippen molar-refractivity contribution >= 4 is 21.6 Å². The van der Waals surface area contributed by atoms with Crippen LogP contribution in [0.4, 0.5) is 0 Å². The molecule has 5 nitrogen and oxygen atoms in total. The topological polar surface area (TPSA) is 73.2 Å². The van der Waals surface area contributed by atoms with Gasteiger partial charge in [-0.1, -0.05) is 11.6 Å². The summed E-state index contributed by atoms with van der Waals surface area (Å²) in [6, 6.07) is 6.08. The van der Waals surface area contributed by atoms with Gasteiger partial charge in [-0.15, -0.1) is 0 Å². The number of nitrogens with zero attached hydrogens (tertiary/aromatic N) is 2. The van der Waals surface area contributed by atoms with Gasteiger partial charge >= 0.3 is 0 Å². The Hall–Kier alpha value is -1.13. The minimum absolute atomic E-state index is 0.133. The third kappa shape index (κ3) is 2.49. The van der Waals surface area contributed by atoms with Crippen molar-refractivity contribution in [3.05, 3.63) is 28.8 Å². The summed E-state index contributed by atoms with van der Waals surface area (Å²) < 4.78 is 26.0. The Morgan fingerprint density at radius 1 is 1.33 bits per heavy atom. The van der Waals surface area contributed by atoms with Gasteiger partial charge in [0.1, 0.15) is 6.07 Å². The second-order valence-electron chi connectivity index (χ2n) is 3.91. The summed E-state index contributed by atoms with van der Waals surface area (Å²) in [4.78, 5) is 0.133. The van der Waals surface area contributed by atoms with E-state index in [9.17, 15) is 8.42 Å². The van der Waals surface area contributed by atoms with Crippen LogP contribution in [-0.2, 0) is 10.0 Å². The maximum atomic E-state index is 12.3. The molecule has 2 rings (SSSR count). The molecule has 0 saturated carbocycles. The molecule has 1 aliphatic rings. The monoisotopic (exact) mass is 285 g/mol. The van der Waals surface area contributed by atoms with Crippen molar-refractivity contribution in [2.45, 2.75) is 4.90 Å². The van der Waals surface area contributed by atoms with Gasteiger partial charge in [0.05, 0.1) is 15.5 Å². The van der Waals surface area contributed by atoms with Crippen molar-refractivity contribution in [3.63, 3.8) is 0 Å². The number of hydrogen-bond donors (Lipinski definition) is 1. The van der Waals surface area contributed by atoms with Crippen LogP contribution >= 0.6 is 11.6 Å². The average Bonchev–Trinajstić information content (AvgIpc) is 2.39. The Morgan fingerprint density at radius 2 is 2.00 bits per heavy atom. The molecule has 0 radical (unpaired) electrons. The average molecular weight is 286 g/mol.